The Bertz CT molecular complexity index is 1110. The van der Waals surface area contributed by atoms with E-state index in [0.717, 1.165) is 15.1 Å². The van der Waals surface area contributed by atoms with Crippen LogP contribution >= 0.6 is 11.6 Å². The Kier molecular flexibility index (Phi) is 5.00. The molecule has 1 N–H and O–H groups in total. The summed E-state index contributed by atoms with van der Waals surface area (Å²) in [5.74, 6) is 0.0996. The lowest BCUT2D eigenvalue weighted by molar-refractivity contribution is 0.475. The summed E-state index contributed by atoms with van der Waals surface area (Å²) in [7, 11) is -0.797. The number of aliphatic imine (C=N–C) groups is 1. The number of benzene rings is 3. The first kappa shape index (κ1) is 18.4. The molecule has 0 unspecified atom stereocenters. The number of nitrogens with zero attached hydrogens (tertiary/aromatic N) is 2. The number of rotatable bonds is 4. The zero-order chi connectivity index (χ0) is 18.9. The summed E-state index contributed by atoms with van der Waals surface area (Å²) < 4.78 is 25.8. The van der Waals surface area contributed by atoms with Crippen molar-refractivity contribution in [3.8, 4) is 5.75 Å². The third kappa shape index (κ3) is 3.44. The molecule has 0 aliphatic heterocycles. The van der Waals surface area contributed by atoms with Crippen LogP contribution in [0.25, 0.3) is 10.8 Å². The fourth-order valence-corrected chi connectivity index (χ4v) is 3.91. The van der Waals surface area contributed by atoms with Crippen molar-refractivity contribution >= 4 is 44.3 Å². The zero-order valence-electron chi connectivity index (χ0n) is 14.2. The van der Waals surface area contributed by atoms with Gasteiger partial charge in [0.25, 0.3) is 0 Å². The van der Waals surface area contributed by atoms with Gasteiger partial charge in [-0.05, 0) is 35.0 Å². The lowest BCUT2D eigenvalue weighted by Gasteiger charge is -2.13. The van der Waals surface area contributed by atoms with Crippen molar-refractivity contribution in [2.45, 2.75) is 4.90 Å². The Morgan fingerprint density at radius 3 is 2.54 bits per heavy atom. The largest absolute Gasteiger partial charge is 0.507 e. The van der Waals surface area contributed by atoms with Crippen molar-refractivity contribution in [2.75, 3.05) is 14.1 Å². The van der Waals surface area contributed by atoms with Crippen molar-refractivity contribution in [1.29, 1.82) is 0 Å². The number of phenols is 1. The normalized spacial score (nSPS) is 12.3. The minimum Gasteiger partial charge on any atom is -0.507 e. The molecule has 0 amide bonds. The third-order valence-corrected chi connectivity index (χ3v) is 6.26. The Balaban J connectivity index is 2.07. The predicted molar refractivity (Wildman–Crippen MR) is 105 cm³/mol. The van der Waals surface area contributed by atoms with Gasteiger partial charge in [-0.1, -0.05) is 41.9 Å². The molecule has 134 valence electrons. The zero-order valence-corrected chi connectivity index (χ0v) is 15.8. The topological polar surface area (TPSA) is 70.0 Å². The molecule has 0 aromatic heterocycles. The van der Waals surface area contributed by atoms with Crippen LogP contribution in [0.5, 0.6) is 5.75 Å². The summed E-state index contributed by atoms with van der Waals surface area (Å²) in [6.07, 6.45) is 1.52. The highest BCUT2D eigenvalue weighted by atomic mass is 35.5. The van der Waals surface area contributed by atoms with Crippen LogP contribution in [0.3, 0.4) is 0 Å². The summed E-state index contributed by atoms with van der Waals surface area (Å²) in [5.41, 5.74) is 0.984. The lowest BCUT2D eigenvalue weighted by atomic mass is 10.0. The highest BCUT2D eigenvalue weighted by Gasteiger charge is 2.21. The highest BCUT2D eigenvalue weighted by molar-refractivity contribution is 7.89. The molecule has 3 aromatic rings. The number of halogens is 1. The summed E-state index contributed by atoms with van der Waals surface area (Å²) in [6.45, 7) is 0. The van der Waals surface area contributed by atoms with Gasteiger partial charge in [0.15, 0.2) is 0 Å². The molecule has 0 aliphatic carbocycles. The van der Waals surface area contributed by atoms with E-state index >= 15 is 0 Å². The predicted octanol–water partition coefficient (Wildman–Crippen LogP) is 4.20. The molecule has 0 saturated carbocycles. The Labute approximate surface area is 157 Å². The molecule has 0 radical (unpaired) electrons. The van der Waals surface area contributed by atoms with Gasteiger partial charge in [0.05, 0.1) is 10.7 Å². The third-order valence-electron chi connectivity index (χ3n) is 3.96. The second-order valence-electron chi connectivity index (χ2n) is 5.88. The van der Waals surface area contributed by atoms with Crippen LogP contribution in [0.4, 0.5) is 5.69 Å². The molecular formula is C19H17ClN2O3S. The van der Waals surface area contributed by atoms with Crippen molar-refractivity contribution < 1.29 is 13.5 Å². The van der Waals surface area contributed by atoms with Gasteiger partial charge in [0, 0.05) is 25.9 Å². The number of fused-ring (bicyclic) bond motifs is 1. The average molecular weight is 389 g/mol. The lowest BCUT2D eigenvalue weighted by Crippen LogP contribution is -2.22. The Morgan fingerprint density at radius 1 is 1.08 bits per heavy atom. The monoisotopic (exact) mass is 388 g/mol. The molecule has 26 heavy (non-hydrogen) atoms. The molecule has 0 bridgehead atoms. The van der Waals surface area contributed by atoms with E-state index in [4.69, 9.17) is 11.6 Å². The SMILES string of the molecule is CN(C)S(=O)(=O)c1cc(N=Cc2c(O)ccc3ccccc23)ccc1Cl. The summed E-state index contributed by atoms with van der Waals surface area (Å²) in [6, 6.07) is 15.6. The van der Waals surface area contributed by atoms with Gasteiger partial charge in [-0.25, -0.2) is 12.7 Å². The van der Waals surface area contributed by atoms with Gasteiger partial charge in [0.1, 0.15) is 10.6 Å². The van der Waals surface area contributed by atoms with E-state index < -0.39 is 10.0 Å². The summed E-state index contributed by atoms with van der Waals surface area (Å²) >= 11 is 6.05. The molecule has 0 aliphatic rings. The molecule has 0 heterocycles. The second kappa shape index (κ2) is 7.07. The first-order valence-corrected chi connectivity index (χ1v) is 9.59. The van der Waals surface area contributed by atoms with E-state index in [-0.39, 0.29) is 15.7 Å². The van der Waals surface area contributed by atoms with Crippen molar-refractivity contribution in [1.82, 2.24) is 4.31 Å². The smallest absolute Gasteiger partial charge is 0.244 e. The van der Waals surface area contributed by atoms with E-state index in [1.54, 1.807) is 12.1 Å². The summed E-state index contributed by atoms with van der Waals surface area (Å²) in [4.78, 5) is 4.32. The maximum absolute atomic E-state index is 12.4. The van der Waals surface area contributed by atoms with Crippen molar-refractivity contribution in [3.05, 3.63) is 65.2 Å². The van der Waals surface area contributed by atoms with Crippen molar-refractivity contribution in [2.24, 2.45) is 4.99 Å². The number of aromatic hydroxyl groups is 1. The van der Waals surface area contributed by atoms with E-state index in [1.165, 1.54) is 32.4 Å². The number of sulfonamides is 1. The molecule has 7 heteroatoms. The molecule has 0 atom stereocenters. The van der Waals surface area contributed by atoms with Crippen LogP contribution in [-0.2, 0) is 10.0 Å². The van der Waals surface area contributed by atoms with Crippen LogP contribution in [0, 0.1) is 0 Å². The number of hydrogen-bond acceptors (Lipinski definition) is 4. The van der Waals surface area contributed by atoms with Gasteiger partial charge >= 0.3 is 0 Å². The van der Waals surface area contributed by atoms with Gasteiger partial charge < -0.3 is 5.11 Å². The minimum absolute atomic E-state index is 0.0130. The van der Waals surface area contributed by atoms with Gasteiger partial charge in [0.2, 0.25) is 10.0 Å². The average Bonchev–Trinajstić information content (AvgIpc) is 2.61. The first-order chi connectivity index (χ1) is 12.3. The van der Waals surface area contributed by atoms with Gasteiger partial charge in [-0.15, -0.1) is 0 Å². The van der Waals surface area contributed by atoms with Crippen molar-refractivity contribution in [3.63, 3.8) is 0 Å². The van der Waals surface area contributed by atoms with E-state index in [1.807, 2.05) is 30.3 Å². The van der Waals surface area contributed by atoms with Gasteiger partial charge in [-0.3, -0.25) is 4.99 Å². The van der Waals surface area contributed by atoms with E-state index in [2.05, 4.69) is 4.99 Å². The molecule has 5 nitrogen and oxygen atoms in total. The second-order valence-corrected chi connectivity index (χ2v) is 8.41. The van der Waals surface area contributed by atoms with E-state index in [9.17, 15) is 13.5 Å². The van der Waals surface area contributed by atoms with Crippen LogP contribution in [0.15, 0.2) is 64.5 Å². The number of hydrogen-bond donors (Lipinski definition) is 1. The van der Waals surface area contributed by atoms with Crippen LogP contribution < -0.4 is 0 Å². The summed E-state index contributed by atoms with van der Waals surface area (Å²) in [5, 5.41) is 12.1. The first-order valence-electron chi connectivity index (χ1n) is 7.77. The standard InChI is InChI=1S/C19H17ClN2O3S/c1-22(2)26(24,25)19-11-14(8-9-17(19)20)21-12-16-15-6-4-3-5-13(15)7-10-18(16)23/h3-12,23H,1-2H3. The van der Waals surface area contributed by atoms with Crippen LogP contribution in [0.1, 0.15) is 5.56 Å². The fourth-order valence-electron chi connectivity index (χ4n) is 2.53. The molecule has 0 fully saturated rings. The molecular weight excluding hydrogens is 372 g/mol. The minimum atomic E-state index is -3.68. The molecule has 3 aromatic carbocycles. The maximum Gasteiger partial charge on any atom is 0.244 e. The highest BCUT2D eigenvalue weighted by Crippen LogP contribution is 2.29. The fraction of sp³-hybridized carbons (Fsp3) is 0.105. The van der Waals surface area contributed by atoms with Crippen LogP contribution in [0.2, 0.25) is 5.02 Å². The molecule has 0 spiro atoms. The number of phenolic OH excluding ortho intramolecular Hbond substituents is 1. The maximum atomic E-state index is 12.4. The van der Waals surface area contributed by atoms with E-state index in [0.29, 0.717) is 11.3 Å². The Morgan fingerprint density at radius 2 is 1.81 bits per heavy atom. The van der Waals surface area contributed by atoms with Gasteiger partial charge in [-0.2, -0.15) is 0 Å². The Hall–Kier alpha value is -2.41. The molecule has 3 rings (SSSR count). The molecule has 0 saturated heterocycles. The van der Waals surface area contributed by atoms with Crippen LogP contribution in [-0.4, -0.2) is 38.1 Å². The quantitative estimate of drug-likeness (QED) is 0.681.